The molecule has 0 aliphatic carbocycles. The van der Waals surface area contributed by atoms with Crippen molar-refractivity contribution in [3.05, 3.63) is 87.4 Å². The lowest BCUT2D eigenvalue weighted by Crippen LogP contribution is -2.21. The summed E-state index contributed by atoms with van der Waals surface area (Å²) in [6, 6.07) is 16.6. The quantitative estimate of drug-likeness (QED) is 0.258. The fourth-order valence-corrected chi connectivity index (χ4v) is 4.42. The van der Waals surface area contributed by atoms with E-state index in [1.807, 2.05) is 44.2 Å². The van der Waals surface area contributed by atoms with Gasteiger partial charge in [-0.05, 0) is 80.2 Å². The molecule has 2 aromatic carbocycles. The summed E-state index contributed by atoms with van der Waals surface area (Å²) in [4.78, 5) is 24.3. The summed E-state index contributed by atoms with van der Waals surface area (Å²) in [6.07, 6.45) is 1.80. The fourth-order valence-electron chi connectivity index (χ4n) is 3.40. The molecule has 0 atom stereocenters. The van der Waals surface area contributed by atoms with Gasteiger partial charge < -0.3 is 9.88 Å². The number of nitrogens with zero attached hydrogens (tertiary/aromatic N) is 2. The van der Waals surface area contributed by atoms with Crippen LogP contribution in [0.4, 0.5) is 5.69 Å². The number of rotatable bonds is 5. The second-order valence-electron chi connectivity index (χ2n) is 6.98. The van der Waals surface area contributed by atoms with Crippen molar-refractivity contribution in [1.29, 1.82) is 0 Å². The number of carbonyl (C=O) groups excluding carboxylic acids is 1. The molecule has 156 valence electrons. The molecule has 3 aromatic rings. The minimum Gasteiger partial charge on any atom is -0.328 e. The Bertz CT molecular complexity index is 1230. The van der Waals surface area contributed by atoms with Gasteiger partial charge in [0, 0.05) is 39.0 Å². The number of aromatic nitrogens is 1. The maximum absolute atomic E-state index is 11.9. The van der Waals surface area contributed by atoms with Crippen molar-refractivity contribution in [2.75, 3.05) is 0 Å². The third-order valence-corrected chi connectivity index (χ3v) is 6.09. The predicted octanol–water partition coefficient (Wildman–Crippen LogP) is 4.50. The van der Waals surface area contributed by atoms with Crippen molar-refractivity contribution >= 4 is 46.8 Å². The lowest BCUT2D eigenvalue weighted by Gasteiger charge is -2.11. The van der Waals surface area contributed by atoms with Crippen molar-refractivity contribution in [3.63, 3.8) is 0 Å². The zero-order valence-electron chi connectivity index (χ0n) is 16.7. The third-order valence-electron chi connectivity index (χ3n) is 4.87. The van der Waals surface area contributed by atoms with Crippen LogP contribution >= 0.6 is 24.0 Å². The third kappa shape index (κ3) is 4.37. The van der Waals surface area contributed by atoms with Crippen LogP contribution in [0, 0.1) is 24.0 Å². The van der Waals surface area contributed by atoms with Crippen LogP contribution < -0.4 is 10.6 Å². The molecule has 0 bridgehead atoms. The molecule has 31 heavy (non-hydrogen) atoms. The Morgan fingerprint density at radius 3 is 2.19 bits per heavy atom. The molecule has 0 spiro atoms. The number of hydrogen-bond acceptors (Lipinski definition) is 5. The van der Waals surface area contributed by atoms with E-state index in [-0.39, 0.29) is 11.6 Å². The van der Waals surface area contributed by atoms with Crippen LogP contribution in [0.5, 0.6) is 0 Å². The van der Waals surface area contributed by atoms with E-state index in [9.17, 15) is 14.9 Å². The summed E-state index contributed by atoms with van der Waals surface area (Å²) in [5.41, 5.74) is 4.50. The molecular weight excluding hydrogens is 432 g/mol. The summed E-state index contributed by atoms with van der Waals surface area (Å²) in [6.45, 7) is 4.02. The van der Waals surface area contributed by atoms with Crippen molar-refractivity contribution < 1.29 is 9.72 Å². The maximum atomic E-state index is 11.9. The molecule has 0 saturated carbocycles. The molecule has 7 nitrogen and oxygen atoms in total. The first-order chi connectivity index (χ1) is 14.8. The molecule has 9 heteroatoms. The van der Waals surface area contributed by atoms with Crippen LogP contribution in [-0.4, -0.2) is 20.5 Å². The normalized spacial score (nSPS) is 14.6. The van der Waals surface area contributed by atoms with Crippen molar-refractivity contribution in [3.8, 4) is 5.69 Å². The number of nitrogens with one attached hydrogen (secondary N) is 2. The maximum Gasteiger partial charge on any atom is 0.273 e. The number of non-ortho nitro benzene ring substituents is 1. The average molecular weight is 451 g/mol. The van der Waals surface area contributed by atoms with Crippen LogP contribution in [-0.2, 0) is 4.79 Å². The van der Waals surface area contributed by atoms with E-state index >= 15 is 0 Å². The van der Waals surface area contributed by atoms with Crippen LogP contribution in [0.1, 0.15) is 17.0 Å². The topological polar surface area (TPSA) is 89.2 Å². The second-order valence-corrected chi connectivity index (χ2v) is 8.53. The molecule has 1 amide bonds. The highest BCUT2D eigenvalue weighted by atomic mass is 32.2. The van der Waals surface area contributed by atoms with Gasteiger partial charge in [0.1, 0.15) is 5.70 Å². The van der Waals surface area contributed by atoms with E-state index in [1.165, 1.54) is 12.1 Å². The highest BCUT2D eigenvalue weighted by Crippen LogP contribution is 2.30. The van der Waals surface area contributed by atoms with Crippen LogP contribution in [0.3, 0.4) is 0 Å². The Morgan fingerprint density at radius 2 is 1.65 bits per heavy atom. The number of amides is 1. The van der Waals surface area contributed by atoms with E-state index in [2.05, 4.69) is 15.2 Å². The summed E-state index contributed by atoms with van der Waals surface area (Å²) < 4.78 is 2.12. The summed E-state index contributed by atoms with van der Waals surface area (Å²) in [7, 11) is 0. The number of aryl methyl sites for hydroxylation is 1. The number of benzene rings is 2. The number of nitro benzene ring substituents is 1. The molecule has 1 saturated heterocycles. The standard InChI is InChI=1S/C22H18N4O3S2/c1-13-11-15(12-20-21(27)24-22(30)23-20)14(2)25(13)16-3-7-18(8-4-16)31-19-9-5-17(6-10-19)26(28)29/h3-12H,1-2H3,(H2,23,24,27,30)/b20-12+. The van der Waals surface area contributed by atoms with Crippen molar-refractivity contribution in [2.24, 2.45) is 0 Å². The van der Waals surface area contributed by atoms with Gasteiger partial charge in [-0.25, -0.2) is 0 Å². The number of hydrogen-bond donors (Lipinski definition) is 2. The monoisotopic (exact) mass is 450 g/mol. The Labute approximate surface area is 188 Å². The van der Waals surface area contributed by atoms with Crippen molar-refractivity contribution in [2.45, 2.75) is 23.6 Å². The molecule has 1 aliphatic heterocycles. The van der Waals surface area contributed by atoms with Gasteiger partial charge in [0.2, 0.25) is 0 Å². The highest BCUT2D eigenvalue weighted by molar-refractivity contribution is 7.99. The Balaban J connectivity index is 1.56. The number of thiocarbonyl (C=S) groups is 1. The SMILES string of the molecule is Cc1cc(/C=C2/NC(=S)NC2=O)c(C)n1-c1ccc(Sc2ccc([N+](=O)[O-])cc2)cc1. The summed E-state index contributed by atoms with van der Waals surface area (Å²) in [5.74, 6) is -0.234. The van der Waals surface area contributed by atoms with Gasteiger partial charge in [-0.15, -0.1) is 0 Å². The zero-order chi connectivity index (χ0) is 22.1. The number of nitro groups is 1. The minimum atomic E-state index is -0.404. The highest BCUT2D eigenvalue weighted by Gasteiger charge is 2.21. The van der Waals surface area contributed by atoms with Gasteiger partial charge in [0.25, 0.3) is 11.6 Å². The molecule has 1 fully saturated rings. The van der Waals surface area contributed by atoms with E-state index in [1.54, 1.807) is 30.0 Å². The summed E-state index contributed by atoms with van der Waals surface area (Å²) >= 11 is 6.53. The van der Waals surface area contributed by atoms with Gasteiger partial charge in [0.15, 0.2) is 5.11 Å². The van der Waals surface area contributed by atoms with Gasteiger partial charge in [-0.1, -0.05) is 11.8 Å². The largest absolute Gasteiger partial charge is 0.328 e. The second kappa shape index (κ2) is 8.37. The zero-order valence-corrected chi connectivity index (χ0v) is 18.3. The van der Waals surface area contributed by atoms with Gasteiger partial charge in [-0.2, -0.15) is 0 Å². The molecule has 4 rings (SSSR count). The molecule has 2 heterocycles. The average Bonchev–Trinajstić information content (AvgIpc) is 3.20. The van der Waals surface area contributed by atoms with Gasteiger partial charge >= 0.3 is 0 Å². The lowest BCUT2D eigenvalue weighted by molar-refractivity contribution is -0.384. The fraction of sp³-hybridized carbons (Fsp3) is 0.0909. The molecule has 2 N–H and O–H groups in total. The van der Waals surface area contributed by atoms with Crippen molar-refractivity contribution in [1.82, 2.24) is 15.2 Å². The molecule has 0 unspecified atom stereocenters. The first-order valence-corrected chi connectivity index (χ1v) is 10.6. The molecule has 0 radical (unpaired) electrons. The molecule has 1 aromatic heterocycles. The van der Waals surface area contributed by atoms with Gasteiger partial charge in [0.05, 0.1) is 4.92 Å². The Morgan fingerprint density at radius 1 is 1.03 bits per heavy atom. The first kappa shape index (κ1) is 20.8. The van der Waals surface area contributed by atoms with E-state index < -0.39 is 4.92 Å². The minimum absolute atomic E-state index is 0.0798. The first-order valence-electron chi connectivity index (χ1n) is 9.37. The predicted molar refractivity (Wildman–Crippen MR) is 124 cm³/mol. The smallest absolute Gasteiger partial charge is 0.273 e. The van der Waals surface area contributed by atoms with Gasteiger partial charge in [-0.3, -0.25) is 20.2 Å². The van der Waals surface area contributed by atoms with Crippen LogP contribution in [0.25, 0.3) is 11.8 Å². The van der Waals surface area contributed by atoms with Crippen LogP contribution in [0.2, 0.25) is 0 Å². The Kier molecular flexibility index (Phi) is 5.62. The van der Waals surface area contributed by atoms with E-state index in [0.29, 0.717) is 10.8 Å². The summed E-state index contributed by atoms with van der Waals surface area (Å²) in [5, 5.41) is 16.5. The molecule has 1 aliphatic rings. The molecular formula is C22H18N4O3S2. The number of carbonyl (C=O) groups is 1. The Hall–Kier alpha value is -3.43. The van der Waals surface area contributed by atoms with E-state index in [0.717, 1.165) is 32.4 Å². The van der Waals surface area contributed by atoms with Crippen LogP contribution in [0.15, 0.2) is 70.1 Å². The van der Waals surface area contributed by atoms with E-state index in [4.69, 9.17) is 12.2 Å². The lowest BCUT2D eigenvalue weighted by atomic mass is 10.2.